The number of alkyl halides is 3. The fourth-order valence-electron chi connectivity index (χ4n) is 3.39. The number of hydrogen-bond acceptors (Lipinski definition) is 5. The summed E-state index contributed by atoms with van der Waals surface area (Å²) in [4.78, 5) is 1.47. The van der Waals surface area contributed by atoms with Crippen LogP contribution < -0.4 is 0 Å². The van der Waals surface area contributed by atoms with Crippen LogP contribution in [0.25, 0.3) is 11.4 Å². The van der Waals surface area contributed by atoms with Crippen molar-refractivity contribution in [2.24, 2.45) is 0 Å². The van der Waals surface area contributed by atoms with Gasteiger partial charge in [0.25, 0.3) is 0 Å². The molecule has 0 radical (unpaired) electrons. The standard InChI is InChI=1S/C21H21F3N4O2/c1-20(2)29-13-17(30-20)12-28-26-19(25-27-28)18-6-4-3-5-15(18)11-14-7-9-16(10-8-14)21(22,23)24/h3-10,17H,11-13H2,1-2H3. The zero-order chi connectivity index (χ0) is 21.4. The molecular weight excluding hydrogens is 397 g/mol. The number of hydrogen-bond donors (Lipinski definition) is 0. The van der Waals surface area contributed by atoms with E-state index in [4.69, 9.17) is 9.47 Å². The molecule has 4 rings (SSSR count). The van der Waals surface area contributed by atoms with Gasteiger partial charge >= 0.3 is 6.18 Å². The van der Waals surface area contributed by atoms with Gasteiger partial charge in [0, 0.05) is 5.56 Å². The van der Waals surface area contributed by atoms with E-state index in [1.165, 1.54) is 16.9 Å². The first-order valence-corrected chi connectivity index (χ1v) is 9.54. The van der Waals surface area contributed by atoms with E-state index in [-0.39, 0.29) is 6.10 Å². The second kappa shape index (κ2) is 7.81. The predicted molar refractivity (Wildman–Crippen MR) is 102 cm³/mol. The third-order valence-electron chi connectivity index (χ3n) is 4.82. The lowest BCUT2D eigenvalue weighted by Gasteiger charge is -2.16. The fourth-order valence-corrected chi connectivity index (χ4v) is 3.39. The van der Waals surface area contributed by atoms with Gasteiger partial charge in [-0.05, 0) is 48.7 Å². The Balaban J connectivity index is 1.50. The number of ether oxygens (including phenoxy) is 2. The quantitative estimate of drug-likeness (QED) is 0.624. The first-order valence-electron chi connectivity index (χ1n) is 9.54. The van der Waals surface area contributed by atoms with Gasteiger partial charge in [0.05, 0.1) is 18.7 Å². The Hall–Kier alpha value is -2.78. The number of aromatic nitrogens is 4. The summed E-state index contributed by atoms with van der Waals surface area (Å²) in [7, 11) is 0. The highest BCUT2D eigenvalue weighted by Crippen LogP contribution is 2.30. The van der Waals surface area contributed by atoms with Gasteiger partial charge in [-0.25, -0.2) is 0 Å². The molecule has 0 N–H and O–H groups in total. The van der Waals surface area contributed by atoms with Crippen molar-refractivity contribution in [3.05, 3.63) is 65.2 Å². The second-order valence-electron chi connectivity index (χ2n) is 7.65. The average Bonchev–Trinajstić information content (AvgIpc) is 3.28. The monoisotopic (exact) mass is 418 g/mol. The third kappa shape index (κ3) is 4.68. The maximum atomic E-state index is 12.8. The predicted octanol–water partition coefficient (Wildman–Crippen LogP) is 4.10. The lowest BCUT2D eigenvalue weighted by Crippen LogP contribution is -2.25. The van der Waals surface area contributed by atoms with Crippen LogP contribution in [0.15, 0.2) is 48.5 Å². The van der Waals surface area contributed by atoms with Gasteiger partial charge in [-0.15, -0.1) is 10.2 Å². The first kappa shape index (κ1) is 20.5. The Bertz CT molecular complexity index is 1020. The van der Waals surface area contributed by atoms with Crippen molar-refractivity contribution in [1.29, 1.82) is 0 Å². The largest absolute Gasteiger partial charge is 0.416 e. The molecule has 158 valence electrons. The van der Waals surface area contributed by atoms with Gasteiger partial charge in [-0.3, -0.25) is 0 Å². The molecule has 1 saturated heterocycles. The van der Waals surface area contributed by atoms with Crippen molar-refractivity contribution in [1.82, 2.24) is 20.2 Å². The molecule has 1 aliphatic rings. The van der Waals surface area contributed by atoms with Crippen molar-refractivity contribution in [3.8, 4) is 11.4 Å². The highest BCUT2D eigenvalue weighted by molar-refractivity contribution is 5.60. The summed E-state index contributed by atoms with van der Waals surface area (Å²) >= 11 is 0. The highest BCUT2D eigenvalue weighted by Gasteiger charge is 2.33. The van der Waals surface area contributed by atoms with Gasteiger partial charge in [-0.1, -0.05) is 36.4 Å². The molecule has 1 fully saturated rings. The molecule has 1 aliphatic heterocycles. The molecule has 30 heavy (non-hydrogen) atoms. The van der Waals surface area contributed by atoms with Gasteiger partial charge < -0.3 is 9.47 Å². The Morgan fingerprint density at radius 3 is 2.50 bits per heavy atom. The van der Waals surface area contributed by atoms with E-state index >= 15 is 0 Å². The molecule has 1 atom stereocenters. The van der Waals surface area contributed by atoms with E-state index in [1.54, 1.807) is 0 Å². The SMILES string of the molecule is CC1(C)OCC(Cn2nnc(-c3ccccc3Cc3ccc(C(F)(F)F)cc3)n2)O1. The zero-order valence-corrected chi connectivity index (χ0v) is 16.6. The van der Waals surface area contributed by atoms with Crippen LogP contribution in [-0.4, -0.2) is 38.7 Å². The van der Waals surface area contributed by atoms with Crippen LogP contribution in [0.2, 0.25) is 0 Å². The number of tetrazole rings is 1. The lowest BCUT2D eigenvalue weighted by molar-refractivity contribution is -0.140. The number of benzene rings is 2. The lowest BCUT2D eigenvalue weighted by atomic mass is 9.98. The molecule has 2 aromatic carbocycles. The molecule has 0 bridgehead atoms. The highest BCUT2D eigenvalue weighted by atomic mass is 19.4. The van der Waals surface area contributed by atoms with Crippen LogP contribution in [0.4, 0.5) is 13.2 Å². The van der Waals surface area contributed by atoms with Crippen LogP contribution in [0, 0.1) is 0 Å². The van der Waals surface area contributed by atoms with Gasteiger partial charge in [0.15, 0.2) is 5.79 Å². The Morgan fingerprint density at radius 1 is 1.10 bits per heavy atom. The minimum absolute atomic E-state index is 0.163. The van der Waals surface area contributed by atoms with Crippen molar-refractivity contribution in [3.63, 3.8) is 0 Å². The summed E-state index contributed by atoms with van der Waals surface area (Å²) in [5.74, 6) is -0.168. The van der Waals surface area contributed by atoms with E-state index in [9.17, 15) is 13.2 Å². The Morgan fingerprint density at radius 2 is 1.83 bits per heavy atom. The molecule has 0 saturated carbocycles. The molecule has 1 unspecified atom stereocenters. The second-order valence-corrected chi connectivity index (χ2v) is 7.65. The minimum atomic E-state index is -4.35. The van der Waals surface area contributed by atoms with Gasteiger partial charge in [-0.2, -0.15) is 18.0 Å². The molecule has 0 spiro atoms. The van der Waals surface area contributed by atoms with Gasteiger partial charge in [0.2, 0.25) is 5.82 Å². The molecule has 0 aliphatic carbocycles. The molecule has 9 heteroatoms. The Labute approximate surface area is 171 Å². The summed E-state index contributed by atoms with van der Waals surface area (Å²) in [6, 6.07) is 12.7. The van der Waals surface area contributed by atoms with Crippen LogP contribution in [-0.2, 0) is 28.6 Å². The topological polar surface area (TPSA) is 62.1 Å². The van der Waals surface area contributed by atoms with Crippen LogP contribution >= 0.6 is 0 Å². The summed E-state index contributed by atoms with van der Waals surface area (Å²) < 4.78 is 49.7. The van der Waals surface area contributed by atoms with Crippen molar-refractivity contribution in [2.75, 3.05) is 6.61 Å². The van der Waals surface area contributed by atoms with Gasteiger partial charge in [0.1, 0.15) is 6.10 Å². The molecule has 1 aromatic heterocycles. The fraction of sp³-hybridized carbons (Fsp3) is 0.381. The molecule has 0 amide bonds. The molecular formula is C21H21F3N4O2. The minimum Gasteiger partial charge on any atom is -0.348 e. The third-order valence-corrected chi connectivity index (χ3v) is 4.82. The molecule has 6 nitrogen and oxygen atoms in total. The number of halogens is 3. The maximum Gasteiger partial charge on any atom is 0.416 e. The number of rotatable bonds is 5. The normalized spacial score (nSPS) is 18.6. The maximum absolute atomic E-state index is 12.8. The van der Waals surface area contributed by atoms with Crippen LogP contribution in [0.5, 0.6) is 0 Å². The van der Waals surface area contributed by atoms with Crippen LogP contribution in [0.1, 0.15) is 30.5 Å². The van der Waals surface area contributed by atoms with Crippen molar-refractivity contribution < 1.29 is 22.6 Å². The summed E-state index contributed by atoms with van der Waals surface area (Å²) in [6.45, 7) is 4.57. The first-order chi connectivity index (χ1) is 14.2. The Kier molecular flexibility index (Phi) is 5.33. The summed E-state index contributed by atoms with van der Waals surface area (Å²) in [5, 5.41) is 12.7. The van der Waals surface area contributed by atoms with E-state index in [0.29, 0.717) is 25.4 Å². The average molecular weight is 418 g/mol. The van der Waals surface area contributed by atoms with E-state index < -0.39 is 17.5 Å². The van der Waals surface area contributed by atoms with Crippen molar-refractivity contribution in [2.45, 2.75) is 44.9 Å². The van der Waals surface area contributed by atoms with E-state index in [2.05, 4.69) is 15.4 Å². The van der Waals surface area contributed by atoms with Crippen molar-refractivity contribution >= 4 is 0 Å². The molecule has 3 aromatic rings. The zero-order valence-electron chi connectivity index (χ0n) is 16.6. The molecule has 2 heterocycles. The summed E-state index contributed by atoms with van der Waals surface area (Å²) in [5.41, 5.74) is 1.79. The summed E-state index contributed by atoms with van der Waals surface area (Å²) in [6.07, 6.45) is -4.05. The van der Waals surface area contributed by atoms with E-state index in [1.807, 2.05) is 38.1 Å². The van der Waals surface area contributed by atoms with E-state index in [0.717, 1.165) is 28.8 Å². The number of nitrogens with zero attached hydrogens (tertiary/aromatic N) is 4. The van der Waals surface area contributed by atoms with Crippen LogP contribution in [0.3, 0.4) is 0 Å². The smallest absolute Gasteiger partial charge is 0.348 e.